The van der Waals surface area contributed by atoms with Gasteiger partial charge in [-0.3, -0.25) is 9.69 Å². The summed E-state index contributed by atoms with van der Waals surface area (Å²) in [6.07, 6.45) is 4.78. The molecule has 0 spiro atoms. The monoisotopic (exact) mass is 420 g/mol. The third-order valence-corrected chi connectivity index (χ3v) is 6.57. The van der Waals surface area contributed by atoms with Crippen LogP contribution in [0.2, 0.25) is 0 Å². The second-order valence-electron chi connectivity index (χ2n) is 8.98. The average molecular weight is 421 g/mol. The van der Waals surface area contributed by atoms with Gasteiger partial charge in [-0.15, -0.1) is 0 Å². The first-order chi connectivity index (χ1) is 15.0. The topological polar surface area (TPSA) is 49.9 Å². The molecular formula is C26H32N2O3. The van der Waals surface area contributed by atoms with E-state index in [-0.39, 0.29) is 18.0 Å². The Bertz CT molecular complexity index is 950. The van der Waals surface area contributed by atoms with Gasteiger partial charge in [-0.05, 0) is 86.3 Å². The van der Waals surface area contributed by atoms with Crippen molar-refractivity contribution in [3.05, 3.63) is 64.7 Å². The second kappa shape index (κ2) is 9.13. The molecular weight excluding hydrogens is 388 g/mol. The fourth-order valence-electron chi connectivity index (χ4n) is 4.28. The molecule has 1 heterocycles. The minimum Gasteiger partial charge on any atom is -0.497 e. The van der Waals surface area contributed by atoms with Gasteiger partial charge in [0.25, 0.3) is 5.91 Å². The molecule has 5 heteroatoms. The lowest BCUT2D eigenvalue weighted by molar-refractivity contribution is -0.128. The van der Waals surface area contributed by atoms with Crippen LogP contribution in [-0.4, -0.2) is 41.4 Å². The van der Waals surface area contributed by atoms with E-state index in [1.165, 1.54) is 21.6 Å². The molecule has 0 aromatic heterocycles. The summed E-state index contributed by atoms with van der Waals surface area (Å²) in [5, 5.41) is 0. The van der Waals surface area contributed by atoms with Gasteiger partial charge in [-0.25, -0.2) is 4.79 Å². The van der Waals surface area contributed by atoms with Crippen molar-refractivity contribution in [3.8, 4) is 5.75 Å². The van der Waals surface area contributed by atoms with Gasteiger partial charge in [0.05, 0.1) is 13.7 Å². The predicted octanol–water partition coefficient (Wildman–Crippen LogP) is 4.88. The first kappa shape index (κ1) is 21.4. The van der Waals surface area contributed by atoms with Gasteiger partial charge in [0, 0.05) is 6.54 Å². The number of carbonyl (C=O) groups excluding carboxylic acids is 2. The SMILES string of the molecule is COc1ccc(CCCC2C(=O)N(Cc3ccc(C)c(C)c3)C(=O)N2CC2CC2)cc1. The van der Waals surface area contributed by atoms with E-state index >= 15 is 0 Å². The van der Waals surface area contributed by atoms with Crippen molar-refractivity contribution in [1.82, 2.24) is 9.80 Å². The van der Waals surface area contributed by atoms with E-state index < -0.39 is 0 Å². The minimum absolute atomic E-state index is 0.0430. The van der Waals surface area contributed by atoms with Crippen molar-refractivity contribution in [2.45, 2.75) is 58.5 Å². The zero-order valence-corrected chi connectivity index (χ0v) is 18.8. The summed E-state index contributed by atoms with van der Waals surface area (Å²) in [6, 6.07) is 13.8. The number of rotatable bonds is 9. The molecule has 0 N–H and O–H groups in total. The van der Waals surface area contributed by atoms with Crippen LogP contribution in [0.1, 0.15) is 47.9 Å². The summed E-state index contributed by atoms with van der Waals surface area (Å²) in [4.78, 5) is 29.7. The number of hydrogen-bond acceptors (Lipinski definition) is 3. The third kappa shape index (κ3) is 4.92. The Morgan fingerprint density at radius 3 is 2.32 bits per heavy atom. The number of methoxy groups -OCH3 is 1. The molecule has 1 aliphatic carbocycles. The summed E-state index contributed by atoms with van der Waals surface area (Å²) in [7, 11) is 1.66. The van der Waals surface area contributed by atoms with Gasteiger partial charge in [0.1, 0.15) is 11.8 Å². The van der Waals surface area contributed by atoms with Gasteiger partial charge in [-0.1, -0.05) is 30.3 Å². The number of urea groups is 1. The summed E-state index contributed by atoms with van der Waals surface area (Å²) in [5.41, 5.74) is 4.63. The number of benzene rings is 2. The van der Waals surface area contributed by atoms with Crippen molar-refractivity contribution in [1.29, 1.82) is 0 Å². The zero-order chi connectivity index (χ0) is 22.0. The highest BCUT2D eigenvalue weighted by Gasteiger charge is 2.46. The molecule has 1 aliphatic heterocycles. The molecule has 0 bridgehead atoms. The summed E-state index contributed by atoms with van der Waals surface area (Å²) in [6.45, 7) is 5.20. The molecule has 4 rings (SSSR count). The van der Waals surface area contributed by atoms with Crippen LogP contribution in [0.5, 0.6) is 5.75 Å². The normalized spacial score (nSPS) is 18.7. The van der Waals surface area contributed by atoms with E-state index in [0.717, 1.165) is 37.0 Å². The minimum atomic E-state index is -0.335. The molecule has 1 atom stereocenters. The van der Waals surface area contributed by atoms with Gasteiger partial charge in [0.15, 0.2) is 0 Å². The Labute approximate surface area is 185 Å². The first-order valence-electron chi connectivity index (χ1n) is 11.3. The Morgan fingerprint density at radius 2 is 1.68 bits per heavy atom. The smallest absolute Gasteiger partial charge is 0.327 e. The Balaban J connectivity index is 1.43. The van der Waals surface area contributed by atoms with Crippen LogP contribution in [-0.2, 0) is 17.8 Å². The average Bonchev–Trinajstić information content (AvgIpc) is 3.56. The molecule has 2 aromatic rings. The van der Waals surface area contributed by atoms with E-state index in [4.69, 9.17) is 4.74 Å². The fraction of sp³-hybridized carbons (Fsp3) is 0.462. The van der Waals surface area contributed by atoms with Gasteiger partial charge >= 0.3 is 6.03 Å². The molecule has 1 saturated carbocycles. The summed E-state index contributed by atoms with van der Waals surface area (Å²) in [5.74, 6) is 1.36. The molecule has 31 heavy (non-hydrogen) atoms. The third-order valence-electron chi connectivity index (χ3n) is 6.57. The van der Waals surface area contributed by atoms with Crippen LogP contribution in [0.3, 0.4) is 0 Å². The van der Waals surface area contributed by atoms with Crippen LogP contribution in [0, 0.1) is 19.8 Å². The van der Waals surface area contributed by atoms with Crippen molar-refractivity contribution in [2.24, 2.45) is 5.92 Å². The van der Waals surface area contributed by atoms with Crippen LogP contribution in [0.15, 0.2) is 42.5 Å². The van der Waals surface area contributed by atoms with E-state index in [0.29, 0.717) is 25.4 Å². The lowest BCUT2D eigenvalue weighted by atomic mass is 10.0. The molecule has 3 amide bonds. The number of nitrogens with zero attached hydrogens (tertiary/aromatic N) is 2. The highest BCUT2D eigenvalue weighted by molar-refractivity contribution is 6.04. The molecule has 164 valence electrons. The Hall–Kier alpha value is -2.82. The van der Waals surface area contributed by atoms with Crippen LogP contribution in [0.4, 0.5) is 4.79 Å². The molecule has 2 aliphatic rings. The maximum absolute atomic E-state index is 13.3. The van der Waals surface area contributed by atoms with E-state index in [1.807, 2.05) is 23.1 Å². The van der Waals surface area contributed by atoms with Gasteiger partial charge < -0.3 is 9.64 Å². The largest absolute Gasteiger partial charge is 0.497 e. The molecule has 0 radical (unpaired) electrons. The van der Waals surface area contributed by atoms with Crippen LogP contribution in [0.25, 0.3) is 0 Å². The number of imide groups is 1. The Morgan fingerprint density at radius 1 is 0.968 bits per heavy atom. The molecule has 1 unspecified atom stereocenters. The van der Waals surface area contributed by atoms with Crippen molar-refractivity contribution in [2.75, 3.05) is 13.7 Å². The van der Waals surface area contributed by atoms with E-state index in [1.54, 1.807) is 7.11 Å². The number of amides is 3. The maximum atomic E-state index is 13.3. The summed E-state index contributed by atoms with van der Waals surface area (Å²) < 4.78 is 5.22. The number of carbonyl (C=O) groups is 2. The molecule has 5 nitrogen and oxygen atoms in total. The van der Waals surface area contributed by atoms with Crippen molar-refractivity contribution >= 4 is 11.9 Å². The highest BCUT2D eigenvalue weighted by atomic mass is 16.5. The Kier molecular flexibility index (Phi) is 6.30. The standard InChI is InChI=1S/C26H32N2O3/c1-18-7-8-22(15-19(18)2)17-28-25(29)24(27(26(28)30)16-21-9-10-21)6-4-5-20-11-13-23(31-3)14-12-20/h7-8,11-15,21,24H,4-6,9-10,16-17H2,1-3H3. The predicted molar refractivity (Wildman–Crippen MR) is 121 cm³/mol. The number of hydrogen-bond donors (Lipinski definition) is 0. The molecule has 1 saturated heterocycles. The summed E-state index contributed by atoms with van der Waals surface area (Å²) >= 11 is 0. The van der Waals surface area contributed by atoms with E-state index in [9.17, 15) is 9.59 Å². The maximum Gasteiger partial charge on any atom is 0.327 e. The quantitative estimate of drug-likeness (QED) is 0.544. The van der Waals surface area contributed by atoms with Crippen molar-refractivity contribution in [3.63, 3.8) is 0 Å². The van der Waals surface area contributed by atoms with Gasteiger partial charge in [0.2, 0.25) is 0 Å². The molecule has 2 aromatic carbocycles. The van der Waals surface area contributed by atoms with Crippen LogP contribution < -0.4 is 4.74 Å². The fourth-order valence-corrected chi connectivity index (χ4v) is 4.28. The zero-order valence-electron chi connectivity index (χ0n) is 18.8. The second-order valence-corrected chi connectivity index (χ2v) is 8.98. The van der Waals surface area contributed by atoms with Crippen molar-refractivity contribution < 1.29 is 14.3 Å². The highest BCUT2D eigenvalue weighted by Crippen LogP contribution is 2.34. The molecule has 2 fully saturated rings. The first-order valence-corrected chi connectivity index (χ1v) is 11.3. The lowest BCUT2D eigenvalue weighted by Crippen LogP contribution is -2.37. The van der Waals surface area contributed by atoms with E-state index in [2.05, 4.69) is 38.1 Å². The lowest BCUT2D eigenvalue weighted by Gasteiger charge is -2.21. The van der Waals surface area contributed by atoms with Crippen LogP contribution >= 0.6 is 0 Å². The number of aryl methyl sites for hydroxylation is 3. The number of ether oxygens (including phenoxy) is 1. The van der Waals surface area contributed by atoms with Gasteiger partial charge in [-0.2, -0.15) is 0 Å².